The fourth-order valence-electron chi connectivity index (χ4n) is 2.43. The molecule has 0 atom stereocenters. The summed E-state index contributed by atoms with van der Waals surface area (Å²) in [5, 5.41) is 11.2. The molecule has 0 unspecified atom stereocenters. The number of carbonyl (C=O) groups is 1. The van der Waals surface area contributed by atoms with Gasteiger partial charge in [0.25, 0.3) is 5.89 Å². The second kappa shape index (κ2) is 7.57. The third-order valence-electron chi connectivity index (χ3n) is 3.80. The van der Waals surface area contributed by atoms with Gasteiger partial charge in [-0.3, -0.25) is 10.1 Å². The summed E-state index contributed by atoms with van der Waals surface area (Å²) in [6.45, 7) is 5.32. The molecule has 3 rings (SSSR count). The molecule has 3 aromatic rings. The van der Waals surface area contributed by atoms with Crippen molar-refractivity contribution in [2.45, 2.75) is 32.1 Å². The first-order valence-corrected chi connectivity index (χ1v) is 10.6. The topological polar surface area (TPSA) is 115 Å². The van der Waals surface area contributed by atoms with Crippen molar-refractivity contribution in [3.05, 3.63) is 40.5 Å². The van der Waals surface area contributed by atoms with Crippen LogP contribution in [0.5, 0.6) is 0 Å². The zero-order chi connectivity index (χ0) is 19.6. The van der Waals surface area contributed by atoms with E-state index in [0.717, 1.165) is 15.6 Å². The second-order valence-corrected chi connectivity index (χ2v) is 9.31. The van der Waals surface area contributed by atoms with Gasteiger partial charge in [-0.2, -0.15) is 0 Å². The normalized spacial score (nSPS) is 11.5. The van der Waals surface area contributed by atoms with Gasteiger partial charge < -0.3 is 4.42 Å². The molecule has 8 nitrogen and oxygen atoms in total. The molecule has 1 aromatic carbocycles. The molecule has 142 valence electrons. The highest BCUT2D eigenvalue weighted by atomic mass is 32.2. The second-order valence-electron chi connectivity index (χ2n) is 5.83. The first-order chi connectivity index (χ1) is 12.8. The number of sulfone groups is 1. The van der Waals surface area contributed by atoms with Crippen molar-refractivity contribution in [1.82, 2.24) is 15.2 Å². The number of aromatic nitrogens is 3. The van der Waals surface area contributed by atoms with Crippen LogP contribution in [0.3, 0.4) is 0 Å². The van der Waals surface area contributed by atoms with Gasteiger partial charge in [-0.25, -0.2) is 13.4 Å². The molecule has 0 radical (unpaired) electrons. The minimum atomic E-state index is -3.26. The third kappa shape index (κ3) is 4.40. The van der Waals surface area contributed by atoms with Gasteiger partial charge >= 0.3 is 6.01 Å². The molecule has 10 heteroatoms. The van der Waals surface area contributed by atoms with Crippen LogP contribution in [-0.2, 0) is 21.1 Å². The number of anilines is 1. The number of rotatable bonds is 6. The minimum absolute atomic E-state index is 0.00522. The number of aryl methyl sites for hydroxylation is 2. The average Bonchev–Trinajstić information content (AvgIpc) is 3.21. The molecular weight excluding hydrogens is 388 g/mol. The lowest BCUT2D eigenvalue weighted by Crippen LogP contribution is -2.14. The van der Waals surface area contributed by atoms with Gasteiger partial charge in [0.05, 0.1) is 27.8 Å². The van der Waals surface area contributed by atoms with Crippen LogP contribution in [0, 0.1) is 13.8 Å². The van der Waals surface area contributed by atoms with Crippen LogP contribution in [-0.4, -0.2) is 35.3 Å². The van der Waals surface area contributed by atoms with Gasteiger partial charge in [-0.05, 0) is 31.5 Å². The minimum Gasteiger partial charge on any atom is -0.402 e. The summed E-state index contributed by atoms with van der Waals surface area (Å²) >= 11 is 1.44. The van der Waals surface area contributed by atoms with Gasteiger partial charge in [-0.1, -0.05) is 24.2 Å². The number of hydrogen-bond acceptors (Lipinski definition) is 8. The summed E-state index contributed by atoms with van der Waals surface area (Å²) in [6.07, 6.45) is 0.0584. The molecule has 0 fully saturated rings. The number of thiazole rings is 1. The van der Waals surface area contributed by atoms with Crippen molar-refractivity contribution in [1.29, 1.82) is 0 Å². The van der Waals surface area contributed by atoms with Crippen molar-refractivity contribution < 1.29 is 17.6 Å². The molecule has 0 saturated carbocycles. The molecule has 1 N–H and O–H groups in total. The summed E-state index contributed by atoms with van der Waals surface area (Å²) in [4.78, 5) is 17.5. The number of amides is 1. The summed E-state index contributed by atoms with van der Waals surface area (Å²) in [7, 11) is -3.26. The number of nitrogens with one attached hydrogen (secondary N) is 1. The van der Waals surface area contributed by atoms with E-state index >= 15 is 0 Å². The van der Waals surface area contributed by atoms with Crippen molar-refractivity contribution in [3.63, 3.8) is 0 Å². The van der Waals surface area contributed by atoms with Crippen LogP contribution in [0.15, 0.2) is 33.6 Å². The molecule has 0 aliphatic heterocycles. The lowest BCUT2D eigenvalue weighted by molar-refractivity contribution is -0.115. The van der Waals surface area contributed by atoms with Crippen LogP contribution in [0.1, 0.15) is 23.2 Å². The maximum atomic E-state index is 12.2. The predicted octanol–water partition coefficient (Wildman–Crippen LogP) is 2.78. The fraction of sp³-hybridized carbons (Fsp3) is 0.294. The van der Waals surface area contributed by atoms with Gasteiger partial charge in [0.2, 0.25) is 5.91 Å². The third-order valence-corrected chi connectivity index (χ3v) is 6.61. The van der Waals surface area contributed by atoms with E-state index in [1.54, 1.807) is 19.1 Å². The molecule has 0 aliphatic carbocycles. The molecule has 0 aliphatic rings. The van der Waals surface area contributed by atoms with Gasteiger partial charge in [0, 0.05) is 0 Å². The van der Waals surface area contributed by atoms with Gasteiger partial charge in [0.1, 0.15) is 4.88 Å². The highest BCUT2D eigenvalue weighted by Gasteiger charge is 2.17. The zero-order valence-corrected chi connectivity index (χ0v) is 16.6. The zero-order valence-electron chi connectivity index (χ0n) is 15.0. The first-order valence-electron chi connectivity index (χ1n) is 8.18. The van der Waals surface area contributed by atoms with Crippen LogP contribution >= 0.6 is 11.3 Å². The van der Waals surface area contributed by atoms with Crippen molar-refractivity contribution in [2.24, 2.45) is 0 Å². The monoisotopic (exact) mass is 406 g/mol. The van der Waals surface area contributed by atoms with E-state index < -0.39 is 9.84 Å². The summed E-state index contributed by atoms with van der Waals surface area (Å²) in [5.74, 6) is 0.00137. The van der Waals surface area contributed by atoms with Crippen LogP contribution in [0.25, 0.3) is 10.8 Å². The van der Waals surface area contributed by atoms with Gasteiger partial charge in [-0.15, -0.1) is 16.4 Å². The highest BCUT2D eigenvalue weighted by Crippen LogP contribution is 2.29. The van der Waals surface area contributed by atoms with Crippen molar-refractivity contribution >= 4 is 33.1 Å². The van der Waals surface area contributed by atoms with E-state index in [1.807, 2.05) is 13.8 Å². The summed E-state index contributed by atoms with van der Waals surface area (Å²) in [5.41, 5.74) is 1.47. The Bertz CT molecular complexity index is 1070. The van der Waals surface area contributed by atoms with Gasteiger partial charge in [0.15, 0.2) is 9.84 Å². The molecule has 0 spiro atoms. The Labute approximate surface area is 160 Å². The molecule has 27 heavy (non-hydrogen) atoms. The Hall–Kier alpha value is -2.59. The molecule has 0 bridgehead atoms. The summed E-state index contributed by atoms with van der Waals surface area (Å²) in [6, 6.07) is 6.24. The highest BCUT2D eigenvalue weighted by molar-refractivity contribution is 7.91. The maximum Gasteiger partial charge on any atom is 0.322 e. The fourth-order valence-corrected chi connectivity index (χ4v) is 4.15. The Kier molecular flexibility index (Phi) is 5.38. The molecule has 2 heterocycles. The predicted molar refractivity (Wildman–Crippen MR) is 101 cm³/mol. The Morgan fingerprint density at radius 1 is 1.19 bits per heavy atom. The van der Waals surface area contributed by atoms with Crippen LogP contribution < -0.4 is 5.32 Å². The molecule has 2 aromatic heterocycles. The molecule has 0 saturated heterocycles. The van der Waals surface area contributed by atoms with Crippen LogP contribution in [0.4, 0.5) is 6.01 Å². The molecular formula is C17H18N4O4S2. The summed E-state index contributed by atoms with van der Waals surface area (Å²) < 4.78 is 29.1. The van der Waals surface area contributed by atoms with E-state index in [0.29, 0.717) is 11.5 Å². The van der Waals surface area contributed by atoms with E-state index in [4.69, 9.17) is 4.42 Å². The number of hydrogen-bond donors (Lipinski definition) is 1. The Balaban J connectivity index is 1.65. The van der Waals surface area contributed by atoms with E-state index in [2.05, 4.69) is 20.5 Å². The van der Waals surface area contributed by atoms with E-state index in [-0.39, 0.29) is 29.0 Å². The number of benzene rings is 1. The number of nitrogens with zero attached hydrogens (tertiary/aromatic N) is 3. The lowest BCUT2D eigenvalue weighted by atomic mass is 10.1. The SMILES string of the molecule is CCS(=O)(=O)c1ccc(CC(=O)Nc2nnc(-c3sc(C)nc3C)o2)cc1. The smallest absolute Gasteiger partial charge is 0.322 e. The Morgan fingerprint density at radius 2 is 1.89 bits per heavy atom. The van der Waals surface area contributed by atoms with Crippen LogP contribution in [0.2, 0.25) is 0 Å². The quantitative estimate of drug-likeness (QED) is 0.669. The van der Waals surface area contributed by atoms with Crippen molar-refractivity contribution in [2.75, 3.05) is 11.1 Å². The van der Waals surface area contributed by atoms with E-state index in [9.17, 15) is 13.2 Å². The number of carbonyl (C=O) groups excluding carboxylic acids is 1. The lowest BCUT2D eigenvalue weighted by Gasteiger charge is -2.04. The Morgan fingerprint density at radius 3 is 2.48 bits per heavy atom. The van der Waals surface area contributed by atoms with Crippen molar-refractivity contribution in [3.8, 4) is 10.8 Å². The molecule has 1 amide bonds. The average molecular weight is 406 g/mol. The largest absolute Gasteiger partial charge is 0.402 e. The first kappa shape index (κ1) is 19.2. The van der Waals surface area contributed by atoms with E-state index in [1.165, 1.54) is 23.5 Å². The maximum absolute atomic E-state index is 12.2. The standard InChI is InChI=1S/C17H18N4O4S2/c1-4-27(23,24)13-7-5-12(6-8-13)9-14(22)19-17-21-20-16(25-17)15-10(2)18-11(3)26-15/h5-8H,4,9H2,1-3H3,(H,19,21,22).